The highest BCUT2D eigenvalue weighted by molar-refractivity contribution is 7.92. The highest BCUT2D eigenvalue weighted by atomic mass is 32.2. The van der Waals surface area contributed by atoms with Gasteiger partial charge in [0.2, 0.25) is 0 Å². The molecule has 4 N–H and O–H groups in total. The minimum atomic E-state index is -4.75. The van der Waals surface area contributed by atoms with Crippen molar-refractivity contribution in [2.75, 3.05) is 11.9 Å². The summed E-state index contributed by atoms with van der Waals surface area (Å²) in [6.07, 6.45) is -4.50. The van der Waals surface area contributed by atoms with Crippen molar-refractivity contribution >= 4 is 33.2 Å². The maximum absolute atomic E-state index is 12.9. The molecule has 0 atom stereocenters. The Morgan fingerprint density at radius 1 is 1.25 bits per heavy atom. The summed E-state index contributed by atoms with van der Waals surface area (Å²) in [7, 11) is -4.28. The minimum Gasteiger partial charge on any atom is -0.396 e. The molecule has 2 aromatic rings. The summed E-state index contributed by atoms with van der Waals surface area (Å²) < 4.78 is 64.7. The molecule has 2 rings (SSSR count). The Balaban J connectivity index is 2.20. The van der Waals surface area contributed by atoms with Crippen LogP contribution in [-0.2, 0) is 29.2 Å². The zero-order chi connectivity index (χ0) is 21.1. The fraction of sp³-hybridized carbons (Fsp3) is 0.333. The Hall–Kier alpha value is -2.22. The van der Waals surface area contributed by atoms with Gasteiger partial charge in [-0.1, -0.05) is 0 Å². The number of aryl methyl sites for hydroxylation is 1. The van der Waals surface area contributed by atoms with E-state index in [1.54, 1.807) is 11.6 Å². The van der Waals surface area contributed by atoms with E-state index in [1.165, 1.54) is 6.07 Å². The van der Waals surface area contributed by atoms with Crippen molar-refractivity contribution in [2.45, 2.75) is 30.3 Å². The van der Waals surface area contributed by atoms with E-state index in [1.807, 2.05) is 5.32 Å². The van der Waals surface area contributed by atoms with Gasteiger partial charge < -0.3 is 10.2 Å². The number of carbonyl (C=O) groups is 1. The van der Waals surface area contributed by atoms with Gasteiger partial charge in [0.05, 0.1) is 17.9 Å². The average molecular weight is 439 g/mol. The van der Waals surface area contributed by atoms with Crippen LogP contribution < -0.4 is 10.0 Å². The van der Waals surface area contributed by atoms with E-state index in [4.69, 9.17) is 10.2 Å². The molecule has 28 heavy (non-hydrogen) atoms. The van der Waals surface area contributed by atoms with Gasteiger partial charge in [-0.3, -0.25) is 5.32 Å². The Kier molecular flexibility index (Phi) is 6.64. The van der Waals surface area contributed by atoms with Crippen molar-refractivity contribution in [3.63, 3.8) is 0 Å². The third kappa shape index (κ3) is 5.41. The van der Waals surface area contributed by atoms with Gasteiger partial charge >= 0.3 is 12.2 Å². The fourth-order valence-corrected chi connectivity index (χ4v) is 4.67. The fourth-order valence-electron chi connectivity index (χ4n) is 2.18. The topological polar surface area (TPSA) is 129 Å². The monoisotopic (exact) mass is 439 g/mol. The van der Waals surface area contributed by atoms with Crippen molar-refractivity contribution in [3.05, 3.63) is 39.9 Å². The summed E-state index contributed by atoms with van der Waals surface area (Å²) in [4.78, 5) is 16.2. The van der Waals surface area contributed by atoms with E-state index in [9.17, 15) is 26.4 Å². The van der Waals surface area contributed by atoms with Crippen LogP contribution in [0, 0.1) is 6.92 Å². The van der Waals surface area contributed by atoms with Gasteiger partial charge in [-0.2, -0.15) is 13.2 Å². The van der Waals surface area contributed by atoms with Crippen molar-refractivity contribution in [1.29, 1.82) is 0 Å². The molecule has 2 amide bonds. The molecule has 154 valence electrons. The zero-order valence-corrected chi connectivity index (χ0v) is 16.0. The molecule has 0 aliphatic carbocycles. The van der Waals surface area contributed by atoms with Crippen LogP contribution in [0.2, 0.25) is 0 Å². The summed E-state index contributed by atoms with van der Waals surface area (Å²) in [5.41, 5.74) is -0.894. The van der Waals surface area contributed by atoms with E-state index in [-0.39, 0.29) is 22.9 Å². The number of nitrogens with zero attached hydrogens (tertiary/aromatic N) is 1. The lowest BCUT2D eigenvalue weighted by Gasteiger charge is -2.12. The number of halogens is 3. The van der Waals surface area contributed by atoms with Gasteiger partial charge in [0.1, 0.15) is 10.0 Å². The van der Waals surface area contributed by atoms with Gasteiger partial charge in [-0.05, 0) is 30.7 Å². The third-order valence-corrected chi connectivity index (χ3v) is 6.54. The number of amides is 2. The van der Waals surface area contributed by atoms with Crippen LogP contribution in [0.3, 0.4) is 0 Å². The lowest BCUT2D eigenvalue weighted by atomic mass is 10.2. The first kappa shape index (κ1) is 22.1. The largest absolute Gasteiger partial charge is 0.416 e. The molecule has 0 aliphatic rings. The Morgan fingerprint density at radius 2 is 1.93 bits per heavy atom. The highest BCUT2D eigenvalue weighted by Crippen LogP contribution is 2.31. The number of carbonyl (C=O) groups excluding carboxylic acids is 1. The number of aliphatic hydroxyl groups is 2. The lowest BCUT2D eigenvalue weighted by Crippen LogP contribution is -2.34. The molecular weight excluding hydrogens is 423 g/mol. The Labute approximate surface area is 162 Å². The predicted octanol–water partition coefficient (Wildman–Crippen LogP) is 2.01. The molecule has 2 heterocycles. The molecule has 0 unspecified atom stereocenters. The summed E-state index contributed by atoms with van der Waals surface area (Å²) in [5.74, 6) is -0.574. The first-order chi connectivity index (χ1) is 13.0. The van der Waals surface area contributed by atoms with Crippen molar-refractivity contribution in [2.24, 2.45) is 0 Å². The molecule has 0 bridgehead atoms. The van der Waals surface area contributed by atoms with Crippen LogP contribution in [0.25, 0.3) is 0 Å². The Bertz CT molecular complexity index is 974. The summed E-state index contributed by atoms with van der Waals surface area (Å²) >= 11 is 0.863. The van der Waals surface area contributed by atoms with Crippen molar-refractivity contribution in [3.8, 4) is 0 Å². The maximum atomic E-state index is 12.9. The SMILES string of the molecule is Cc1cc(S(=O)(=O)NC(=O)Nc2cc(C(F)(F)F)cc(CO)n2)sc1CCO. The van der Waals surface area contributed by atoms with Gasteiger partial charge in [-0.25, -0.2) is 22.9 Å². The number of thiophene rings is 1. The number of aliphatic hydroxyl groups excluding tert-OH is 2. The van der Waals surface area contributed by atoms with Crippen LogP contribution in [0.5, 0.6) is 0 Å². The molecule has 13 heteroatoms. The second-order valence-corrected chi connectivity index (χ2v) is 8.64. The molecule has 0 saturated heterocycles. The van der Waals surface area contributed by atoms with Gasteiger partial charge in [0, 0.05) is 17.9 Å². The predicted molar refractivity (Wildman–Crippen MR) is 94.3 cm³/mol. The molecule has 0 saturated carbocycles. The number of anilines is 1. The highest BCUT2D eigenvalue weighted by Gasteiger charge is 2.32. The number of sulfonamides is 1. The number of pyridine rings is 1. The quantitative estimate of drug-likeness (QED) is 0.545. The second kappa shape index (κ2) is 8.43. The summed E-state index contributed by atoms with van der Waals surface area (Å²) in [5, 5.41) is 19.9. The molecule has 0 radical (unpaired) electrons. The van der Waals surface area contributed by atoms with Crippen LogP contribution in [0.4, 0.5) is 23.8 Å². The smallest absolute Gasteiger partial charge is 0.396 e. The van der Waals surface area contributed by atoms with E-state index >= 15 is 0 Å². The standard InChI is InChI=1S/C15H16F3N3O5S2/c1-8-4-13(27-11(8)2-3-22)28(25,26)21-14(24)20-12-6-9(15(16,17)18)5-10(7-23)19-12/h4-6,22-23H,2-3,7H2,1H3,(H2,19,20,21,24). The van der Waals surface area contributed by atoms with Crippen LogP contribution >= 0.6 is 11.3 Å². The van der Waals surface area contributed by atoms with E-state index in [0.29, 0.717) is 22.6 Å². The van der Waals surface area contributed by atoms with Crippen LogP contribution in [0.1, 0.15) is 21.7 Å². The number of nitrogens with one attached hydrogen (secondary N) is 2. The van der Waals surface area contributed by atoms with E-state index in [0.717, 1.165) is 11.3 Å². The summed E-state index contributed by atoms with van der Waals surface area (Å²) in [6.45, 7) is 0.660. The molecule has 0 aliphatic heterocycles. The molecule has 0 aromatic carbocycles. The molecule has 0 fully saturated rings. The lowest BCUT2D eigenvalue weighted by molar-refractivity contribution is -0.137. The molecule has 8 nitrogen and oxygen atoms in total. The number of alkyl halides is 3. The first-order valence-corrected chi connectivity index (χ1v) is 9.99. The van der Waals surface area contributed by atoms with Gasteiger partial charge in [0.15, 0.2) is 0 Å². The molecule has 0 spiro atoms. The first-order valence-electron chi connectivity index (χ1n) is 7.69. The third-order valence-electron chi connectivity index (χ3n) is 3.44. The zero-order valence-electron chi connectivity index (χ0n) is 14.4. The number of hydrogen-bond donors (Lipinski definition) is 4. The number of urea groups is 1. The van der Waals surface area contributed by atoms with Crippen molar-refractivity contribution < 1.29 is 36.6 Å². The van der Waals surface area contributed by atoms with E-state index in [2.05, 4.69) is 4.98 Å². The normalized spacial score (nSPS) is 12.1. The number of hydrogen-bond acceptors (Lipinski definition) is 7. The van der Waals surface area contributed by atoms with Crippen LogP contribution in [-0.4, -0.2) is 36.3 Å². The Morgan fingerprint density at radius 3 is 2.50 bits per heavy atom. The van der Waals surface area contributed by atoms with Crippen molar-refractivity contribution in [1.82, 2.24) is 9.71 Å². The van der Waals surface area contributed by atoms with Crippen LogP contribution in [0.15, 0.2) is 22.4 Å². The molecule has 2 aromatic heterocycles. The van der Waals surface area contributed by atoms with Gasteiger partial charge in [0.25, 0.3) is 10.0 Å². The average Bonchev–Trinajstić information content (AvgIpc) is 2.95. The maximum Gasteiger partial charge on any atom is 0.416 e. The van der Waals surface area contributed by atoms with Gasteiger partial charge in [-0.15, -0.1) is 11.3 Å². The molecular formula is C15H16F3N3O5S2. The second-order valence-electron chi connectivity index (χ2n) is 5.59. The number of rotatable bonds is 6. The number of aromatic nitrogens is 1. The van der Waals surface area contributed by atoms with E-state index < -0.39 is 40.2 Å². The summed E-state index contributed by atoms with van der Waals surface area (Å²) in [6, 6.07) is 1.12. The minimum absolute atomic E-state index is 0.177.